The molecule has 31 heavy (non-hydrogen) atoms. The van der Waals surface area contributed by atoms with Crippen LogP contribution in [0.25, 0.3) is 0 Å². The van der Waals surface area contributed by atoms with E-state index in [1.807, 2.05) is 0 Å². The number of piperidine rings is 1. The number of halogens is 1. The van der Waals surface area contributed by atoms with Crippen LogP contribution in [0.1, 0.15) is 85.5 Å². The molecule has 176 valence electrons. The van der Waals surface area contributed by atoms with Crippen molar-refractivity contribution in [1.29, 1.82) is 0 Å². The lowest BCUT2D eigenvalue weighted by Gasteiger charge is -2.58. The summed E-state index contributed by atoms with van der Waals surface area (Å²) in [6, 6.07) is 0. The second-order valence-electron chi connectivity index (χ2n) is 12.8. The summed E-state index contributed by atoms with van der Waals surface area (Å²) in [6.45, 7) is 11.2. The van der Waals surface area contributed by atoms with Crippen molar-refractivity contribution in [3.8, 4) is 0 Å². The molecular weight excluding hydrogens is 406 g/mol. The van der Waals surface area contributed by atoms with Gasteiger partial charge in [-0.2, -0.15) is 0 Å². The van der Waals surface area contributed by atoms with E-state index in [1.54, 1.807) is 5.57 Å². The lowest BCUT2D eigenvalue weighted by molar-refractivity contribution is -0.115. The van der Waals surface area contributed by atoms with Crippen molar-refractivity contribution in [2.75, 3.05) is 6.54 Å². The summed E-state index contributed by atoms with van der Waals surface area (Å²) in [5, 5.41) is 14.1. The number of hydrogen-bond acceptors (Lipinski definition) is 3. The summed E-state index contributed by atoms with van der Waals surface area (Å²) < 4.78 is 7.00. The molecule has 2 saturated heterocycles. The van der Waals surface area contributed by atoms with Gasteiger partial charge in [0.05, 0.1) is 12.2 Å². The summed E-state index contributed by atoms with van der Waals surface area (Å²) >= 11 is 0. The van der Waals surface area contributed by atoms with Gasteiger partial charge in [0.2, 0.25) is 0 Å². The van der Waals surface area contributed by atoms with Crippen LogP contribution in [0.2, 0.25) is 0 Å². The second-order valence-corrected chi connectivity index (χ2v) is 12.8. The molecule has 0 amide bonds. The minimum atomic E-state index is -0.100. The summed E-state index contributed by atoms with van der Waals surface area (Å²) in [5.74, 6) is 4.58. The van der Waals surface area contributed by atoms with Crippen LogP contribution in [0.15, 0.2) is 11.6 Å². The van der Waals surface area contributed by atoms with E-state index in [-0.39, 0.29) is 24.2 Å². The number of fused-ring (bicyclic) bond motifs is 7. The van der Waals surface area contributed by atoms with Crippen molar-refractivity contribution in [1.82, 2.24) is 5.32 Å². The number of ether oxygens (including phenoxy) is 1. The van der Waals surface area contributed by atoms with Crippen LogP contribution in [0.4, 0.5) is 0 Å². The molecule has 0 bridgehead atoms. The highest BCUT2D eigenvalue weighted by Gasteiger charge is 2.68. The monoisotopic (exact) mass is 449 g/mol. The highest BCUT2D eigenvalue weighted by atomic mass is 35.5. The first-order chi connectivity index (χ1) is 14.3. The topological polar surface area (TPSA) is 41.5 Å². The van der Waals surface area contributed by atoms with Crippen LogP contribution in [0, 0.1) is 46.3 Å². The van der Waals surface area contributed by atoms with Gasteiger partial charge in [-0.1, -0.05) is 39.3 Å². The summed E-state index contributed by atoms with van der Waals surface area (Å²) in [5.41, 5.74) is 2.33. The quantitative estimate of drug-likeness (QED) is 0.465. The minimum Gasteiger partial charge on any atom is -0.393 e. The first-order valence-electron chi connectivity index (χ1n) is 13.1. The van der Waals surface area contributed by atoms with Crippen LogP contribution in [-0.4, -0.2) is 29.6 Å². The average molecular weight is 450 g/mol. The molecule has 4 heteroatoms. The fourth-order valence-electron chi connectivity index (χ4n) is 9.84. The van der Waals surface area contributed by atoms with Gasteiger partial charge in [0.25, 0.3) is 0 Å². The third-order valence-corrected chi connectivity index (χ3v) is 11.6. The molecule has 2 heterocycles. The molecule has 11 atom stereocenters. The lowest BCUT2D eigenvalue weighted by Crippen LogP contribution is -2.57. The molecule has 0 aromatic rings. The highest BCUT2D eigenvalue weighted by Crippen LogP contribution is 2.70. The maximum atomic E-state index is 10.3. The zero-order valence-corrected chi connectivity index (χ0v) is 20.8. The van der Waals surface area contributed by atoms with E-state index in [1.165, 1.54) is 44.9 Å². The molecule has 3 nitrogen and oxygen atoms in total. The number of hydrogen-bond donors (Lipinski definition) is 2. The predicted molar refractivity (Wildman–Crippen MR) is 127 cm³/mol. The Hall–Kier alpha value is -0.0900. The van der Waals surface area contributed by atoms with Gasteiger partial charge in [0.15, 0.2) is 0 Å². The largest absolute Gasteiger partial charge is 0.393 e. The first-order valence-corrected chi connectivity index (χ1v) is 13.1. The Balaban J connectivity index is 0.00000204. The molecule has 2 N–H and O–H groups in total. The molecule has 4 aliphatic carbocycles. The Morgan fingerprint density at radius 1 is 1.06 bits per heavy atom. The van der Waals surface area contributed by atoms with Gasteiger partial charge in [-0.25, -0.2) is 0 Å². The van der Waals surface area contributed by atoms with E-state index in [9.17, 15) is 5.11 Å². The number of aliphatic hydroxyl groups excluding tert-OH is 1. The summed E-state index contributed by atoms with van der Waals surface area (Å²) in [7, 11) is 0. The van der Waals surface area contributed by atoms with Crippen molar-refractivity contribution in [2.24, 2.45) is 46.3 Å². The van der Waals surface area contributed by atoms with Crippen molar-refractivity contribution >= 4 is 12.4 Å². The Morgan fingerprint density at radius 2 is 1.87 bits per heavy atom. The van der Waals surface area contributed by atoms with E-state index >= 15 is 0 Å². The summed E-state index contributed by atoms with van der Waals surface area (Å²) in [6.07, 6.45) is 13.8. The molecule has 6 rings (SSSR count). The molecule has 1 spiro atoms. The number of rotatable bonds is 0. The van der Waals surface area contributed by atoms with Crippen LogP contribution in [-0.2, 0) is 4.74 Å². The fourth-order valence-corrected chi connectivity index (χ4v) is 9.84. The molecule has 3 saturated carbocycles. The average Bonchev–Trinajstić information content (AvgIpc) is 3.16. The Morgan fingerprint density at radius 3 is 2.61 bits per heavy atom. The lowest BCUT2D eigenvalue weighted by atomic mass is 9.47. The molecule has 5 fully saturated rings. The van der Waals surface area contributed by atoms with Crippen molar-refractivity contribution in [3.63, 3.8) is 0 Å². The third kappa shape index (κ3) is 3.01. The van der Waals surface area contributed by atoms with E-state index in [4.69, 9.17) is 4.74 Å². The minimum absolute atomic E-state index is 0. The molecule has 6 aliphatic rings. The maximum absolute atomic E-state index is 10.3. The number of nitrogens with one attached hydrogen (secondary N) is 1. The van der Waals surface area contributed by atoms with E-state index < -0.39 is 0 Å². The van der Waals surface area contributed by atoms with E-state index in [2.05, 4.69) is 39.1 Å². The smallest absolute Gasteiger partial charge is 0.122 e. The zero-order valence-electron chi connectivity index (χ0n) is 20.0. The van der Waals surface area contributed by atoms with Crippen LogP contribution >= 0.6 is 12.4 Å². The summed E-state index contributed by atoms with van der Waals surface area (Å²) in [4.78, 5) is 0. The van der Waals surface area contributed by atoms with Crippen molar-refractivity contribution in [3.05, 3.63) is 11.6 Å². The van der Waals surface area contributed by atoms with Crippen molar-refractivity contribution in [2.45, 2.75) is 103 Å². The second kappa shape index (κ2) is 7.45. The van der Waals surface area contributed by atoms with E-state index in [0.29, 0.717) is 22.9 Å². The number of allylic oxidation sites excluding steroid dienone is 1. The molecule has 0 aromatic carbocycles. The standard InChI is InChI=1S/C27H43NO2.ClH/c1-16-7-12-27(28-15-16)17(2)24-23(30-27)14-22-20-6-5-18-13-19(29)8-10-25(18,3)21(20)9-11-26(22,24)4;/h5,16-17,19-24,28-29H,6-15H2,1-4H3;1H. The van der Waals surface area contributed by atoms with Gasteiger partial charge >= 0.3 is 0 Å². The number of aliphatic hydroxyl groups is 1. The van der Waals surface area contributed by atoms with Gasteiger partial charge in [0, 0.05) is 12.5 Å². The van der Waals surface area contributed by atoms with Gasteiger partial charge in [-0.05, 0) is 98.2 Å². The van der Waals surface area contributed by atoms with Crippen LogP contribution in [0.5, 0.6) is 0 Å². The van der Waals surface area contributed by atoms with E-state index in [0.717, 1.165) is 49.0 Å². The predicted octanol–water partition coefficient (Wildman–Crippen LogP) is 5.71. The van der Waals surface area contributed by atoms with Gasteiger partial charge < -0.3 is 9.84 Å². The van der Waals surface area contributed by atoms with Crippen LogP contribution < -0.4 is 5.32 Å². The molecule has 11 unspecified atom stereocenters. The Kier molecular flexibility index (Phi) is 5.46. The molecule has 2 aliphatic heterocycles. The highest BCUT2D eigenvalue weighted by molar-refractivity contribution is 5.85. The van der Waals surface area contributed by atoms with Crippen LogP contribution in [0.3, 0.4) is 0 Å². The zero-order chi connectivity index (χ0) is 20.9. The van der Waals surface area contributed by atoms with Gasteiger partial charge in [-0.15, -0.1) is 12.4 Å². The SMILES string of the molecule is CC1CCC2(NC1)OC1CC3C4CC=C5CC(O)CCC5(C)C4CCC3(C)C1C2C.Cl. The molecular formula is C27H44ClNO2. The molecule has 0 aromatic heterocycles. The third-order valence-electron chi connectivity index (χ3n) is 11.6. The van der Waals surface area contributed by atoms with Gasteiger partial charge in [-0.3, -0.25) is 5.32 Å². The normalized spacial score (nSPS) is 57.9. The first kappa shape index (κ1) is 22.7. The van der Waals surface area contributed by atoms with Crippen molar-refractivity contribution < 1.29 is 9.84 Å². The Labute approximate surface area is 195 Å². The maximum Gasteiger partial charge on any atom is 0.122 e. The van der Waals surface area contributed by atoms with Gasteiger partial charge in [0.1, 0.15) is 5.72 Å². The Bertz CT molecular complexity index is 746. The molecule has 0 radical (unpaired) electrons. The fraction of sp³-hybridized carbons (Fsp3) is 0.926.